The highest BCUT2D eigenvalue weighted by Crippen LogP contribution is 2.25. The monoisotopic (exact) mass is 343 g/mol. The van der Waals surface area contributed by atoms with Crippen LogP contribution >= 0.6 is 11.6 Å². The van der Waals surface area contributed by atoms with Crippen LogP contribution in [-0.4, -0.2) is 24.6 Å². The molecule has 0 bridgehead atoms. The van der Waals surface area contributed by atoms with E-state index in [0.717, 1.165) is 41.7 Å². The van der Waals surface area contributed by atoms with Crippen LogP contribution in [0, 0.1) is 0 Å². The number of fused-ring (bicyclic) bond motifs is 1. The minimum atomic E-state index is 0.591. The van der Waals surface area contributed by atoms with Crippen LogP contribution in [0.2, 0.25) is 5.02 Å². The first-order valence-corrected chi connectivity index (χ1v) is 8.09. The van der Waals surface area contributed by atoms with Crippen molar-refractivity contribution in [3.8, 4) is 11.5 Å². The van der Waals surface area contributed by atoms with E-state index >= 15 is 0 Å². The first-order chi connectivity index (χ1) is 11.7. The summed E-state index contributed by atoms with van der Waals surface area (Å²) in [6, 6.07) is 13.1. The SMILES string of the molecule is COc1ccc2c(c1)c(C=O)cn2CCCOc1ccc(Cl)cc1. The van der Waals surface area contributed by atoms with Gasteiger partial charge in [0.05, 0.1) is 13.7 Å². The van der Waals surface area contributed by atoms with Gasteiger partial charge in [-0.2, -0.15) is 0 Å². The number of methoxy groups -OCH3 is 1. The predicted molar refractivity (Wildman–Crippen MR) is 95.4 cm³/mol. The van der Waals surface area contributed by atoms with Crippen molar-refractivity contribution in [1.29, 1.82) is 0 Å². The summed E-state index contributed by atoms with van der Waals surface area (Å²) in [7, 11) is 1.62. The highest BCUT2D eigenvalue weighted by atomic mass is 35.5. The third-order valence-corrected chi connectivity index (χ3v) is 4.12. The number of carbonyl (C=O) groups is 1. The Morgan fingerprint density at radius 3 is 2.58 bits per heavy atom. The molecule has 0 aliphatic rings. The van der Waals surface area contributed by atoms with Gasteiger partial charge in [-0.05, 0) is 48.9 Å². The summed E-state index contributed by atoms with van der Waals surface area (Å²) in [6.07, 6.45) is 3.58. The number of hydrogen-bond donors (Lipinski definition) is 0. The van der Waals surface area contributed by atoms with E-state index in [1.807, 2.05) is 36.5 Å². The summed E-state index contributed by atoms with van der Waals surface area (Å²) in [5.41, 5.74) is 1.69. The zero-order valence-electron chi connectivity index (χ0n) is 13.4. The maximum absolute atomic E-state index is 11.3. The van der Waals surface area contributed by atoms with Crippen molar-refractivity contribution in [2.24, 2.45) is 0 Å². The zero-order valence-corrected chi connectivity index (χ0v) is 14.1. The fourth-order valence-electron chi connectivity index (χ4n) is 2.67. The van der Waals surface area contributed by atoms with Crippen LogP contribution < -0.4 is 9.47 Å². The van der Waals surface area contributed by atoms with Gasteiger partial charge in [0, 0.05) is 34.2 Å². The van der Waals surface area contributed by atoms with Gasteiger partial charge in [0.2, 0.25) is 0 Å². The molecule has 124 valence electrons. The fraction of sp³-hybridized carbons (Fsp3) is 0.211. The molecule has 0 aliphatic carbocycles. The van der Waals surface area contributed by atoms with E-state index in [1.54, 1.807) is 19.2 Å². The van der Waals surface area contributed by atoms with Crippen molar-refractivity contribution in [2.45, 2.75) is 13.0 Å². The quantitative estimate of drug-likeness (QED) is 0.465. The average Bonchev–Trinajstić information content (AvgIpc) is 2.97. The van der Waals surface area contributed by atoms with Crippen molar-refractivity contribution in [3.05, 3.63) is 59.2 Å². The van der Waals surface area contributed by atoms with Gasteiger partial charge in [-0.25, -0.2) is 0 Å². The number of hydrogen-bond acceptors (Lipinski definition) is 3. The molecule has 24 heavy (non-hydrogen) atoms. The van der Waals surface area contributed by atoms with Crippen molar-refractivity contribution < 1.29 is 14.3 Å². The van der Waals surface area contributed by atoms with Gasteiger partial charge in [0.15, 0.2) is 6.29 Å². The predicted octanol–water partition coefficient (Wildman–Crippen LogP) is 4.58. The Morgan fingerprint density at radius 2 is 1.88 bits per heavy atom. The summed E-state index contributed by atoms with van der Waals surface area (Å²) < 4.78 is 13.0. The maximum atomic E-state index is 11.3. The van der Waals surface area contributed by atoms with E-state index in [1.165, 1.54) is 0 Å². The third-order valence-electron chi connectivity index (χ3n) is 3.87. The highest BCUT2D eigenvalue weighted by Gasteiger charge is 2.09. The van der Waals surface area contributed by atoms with E-state index in [0.29, 0.717) is 17.2 Å². The molecule has 2 aromatic carbocycles. The minimum absolute atomic E-state index is 0.591. The number of aromatic nitrogens is 1. The van der Waals surface area contributed by atoms with Crippen LogP contribution in [-0.2, 0) is 6.54 Å². The molecule has 0 aliphatic heterocycles. The van der Waals surface area contributed by atoms with Crippen LogP contribution in [0.3, 0.4) is 0 Å². The number of rotatable bonds is 7. The Hall–Kier alpha value is -2.46. The van der Waals surface area contributed by atoms with Gasteiger partial charge in [0.25, 0.3) is 0 Å². The second kappa shape index (κ2) is 7.41. The molecule has 0 unspecified atom stereocenters. The van der Waals surface area contributed by atoms with Crippen LogP contribution in [0.25, 0.3) is 10.9 Å². The van der Waals surface area contributed by atoms with Crippen molar-refractivity contribution >= 4 is 28.8 Å². The summed E-state index contributed by atoms with van der Waals surface area (Å²) >= 11 is 5.85. The smallest absolute Gasteiger partial charge is 0.152 e. The largest absolute Gasteiger partial charge is 0.497 e. The Bertz CT molecular complexity index is 840. The van der Waals surface area contributed by atoms with Gasteiger partial charge in [-0.15, -0.1) is 0 Å². The van der Waals surface area contributed by atoms with Gasteiger partial charge in [0.1, 0.15) is 11.5 Å². The minimum Gasteiger partial charge on any atom is -0.497 e. The molecule has 0 amide bonds. The third kappa shape index (κ3) is 3.54. The number of ether oxygens (including phenoxy) is 2. The van der Waals surface area contributed by atoms with Crippen molar-refractivity contribution in [2.75, 3.05) is 13.7 Å². The highest BCUT2D eigenvalue weighted by molar-refractivity contribution is 6.30. The molecule has 0 saturated carbocycles. The molecule has 1 heterocycles. The standard InChI is InChI=1S/C19H18ClNO3/c1-23-17-7-8-19-18(11-17)14(13-22)12-21(19)9-2-10-24-16-5-3-15(20)4-6-16/h3-8,11-13H,2,9-10H2,1H3. The van der Waals surface area contributed by atoms with E-state index < -0.39 is 0 Å². The second-order valence-corrected chi connectivity index (χ2v) is 5.87. The van der Waals surface area contributed by atoms with E-state index in [9.17, 15) is 4.79 Å². The average molecular weight is 344 g/mol. The Kier molecular flexibility index (Phi) is 5.06. The molecule has 0 fully saturated rings. The molecule has 0 saturated heterocycles. The van der Waals surface area contributed by atoms with E-state index in [2.05, 4.69) is 4.57 Å². The van der Waals surface area contributed by atoms with Crippen LogP contribution in [0.4, 0.5) is 0 Å². The van der Waals surface area contributed by atoms with Crippen LogP contribution in [0.15, 0.2) is 48.7 Å². The molecule has 0 spiro atoms. The molecule has 0 N–H and O–H groups in total. The molecule has 5 heteroatoms. The van der Waals surface area contributed by atoms with Gasteiger partial charge in [-0.3, -0.25) is 4.79 Å². The van der Waals surface area contributed by atoms with Gasteiger partial charge in [-0.1, -0.05) is 11.6 Å². The lowest BCUT2D eigenvalue weighted by atomic mass is 10.2. The van der Waals surface area contributed by atoms with Gasteiger partial charge >= 0.3 is 0 Å². The van der Waals surface area contributed by atoms with Crippen molar-refractivity contribution in [1.82, 2.24) is 4.57 Å². The molecule has 0 radical (unpaired) electrons. The Labute approximate surface area is 145 Å². The molecular formula is C19H18ClNO3. The molecule has 3 rings (SSSR count). The second-order valence-electron chi connectivity index (χ2n) is 5.43. The lowest BCUT2D eigenvalue weighted by Crippen LogP contribution is -2.03. The van der Waals surface area contributed by atoms with Crippen molar-refractivity contribution in [3.63, 3.8) is 0 Å². The Morgan fingerprint density at radius 1 is 1.12 bits per heavy atom. The molecular weight excluding hydrogens is 326 g/mol. The number of aryl methyl sites for hydroxylation is 1. The molecule has 1 aromatic heterocycles. The number of benzene rings is 2. The van der Waals surface area contributed by atoms with Crippen LogP contribution in [0.1, 0.15) is 16.8 Å². The summed E-state index contributed by atoms with van der Waals surface area (Å²) in [5.74, 6) is 1.55. The first-order valence-electron chi connectivity index (χ1n) is 7.71. The zero-order chi connectivity index (χ0) is 16.9. The first kappa shape index (κ1) is 16.4. The lowest BCUT2D eigenvalue weighted by molar-refractivity contribution is 0.112. The van der Waals surface area contributed by atoms with E-state index in [-0.39, 0.29) is 0 Å². The normalized spacial score (nSPS) is 10.8. The summed E-state index contributed by atoms with van der Waals surface area (Å²) in [4.78, 5) is 11.3. The molecule has 3 aromatic rings. The fourth-order valence-corrected chi connectivity index (χ4v) is 2.79. The summed E-state index contributed by atoms with van der Waals surface area (Å²) in [5, 5.41) is 1.60. The maximum Gasteiger partial charge on any atom is 0.152 e. The molecule has 0 atom stereocenters. The Balaban J connectivity index is 1.66. The van der Waals surface area contributed by atoms with E-state index in [4.69, 9.17) is 21.1 Å². The van der Waals surface area contributed by atoms with Crippen LogP contribution in [0.5, 0.6) is 11.5 Å². The summed E-state index contributed by atoms with van der Waals surface area (Å²) in [6.45, 7) is 1.36. The number of nitrogens with zero attached hydrogens (tertiary/aromatic N) is 1. The number of carbonyl (C=O) groups excluding carboxylic acids is 1. The molecule has 4 nitrogen and oxygen atoms in total. The number of aldehydes is 1. The number of halogens is 1. The topological polar surface area (TPSA) is 40.5 Å². The lowest BCUT2D eigenvalue weighted by Gasteiger charge is -2.08. The van der Waals surface area contributed by atoms with Gasteiger partial charge < -0.3 is 14.0 Å².